The number of nitrogens with zero attached hydrogens (tertiary/aromatic N) is 4. The first kappa shape index (κ1) is 14.5. The van der Waals surface area contributed by atoms with Crippen LogP contribution in [-0.4, -0.2) is 38.7 Å². The van der Waals surface area contributed by atoms with E-state index in [1.54, 1.807) is 21.7 Å². The van der Waals surface area contributed by atoms with Crippen molar-refractivity contribution in [2.75, 3.05) is 18.0 Å². The number of aliphatic carboxylic acids is 1. The van der Waals surface area contributed by atoms with Gasteiger partial charge in [0.2, 0.25) is 0 Å². The van der Waals surface area contributed by atoms with Crippen molar-refractivity contribution < 1.29 is 9.90 Å². The molecule has 1 aliphatic rings. The lowest BCUT2D eigenvalue weighted by Crippen LogP contribution is -2.42. The van der Waals surface area contributed by atoms with E-state index in [4.69, 9.17) is 0 Å². The molecule has 116 valence electrons. The molecular formula is C15H18N4O3. The van der Waals surface area contributed by atoms with Crippen molar-refractivity contribution in [2.24, 2.45) is 5.92 Å². The van der Waals surface area contributed by atoms with E-state index in [0.717, 1.165) is 6.42 Å². The second-order valence-electron chi connectivity index (χ2n) is 5.45. The third-order valence-corrected chi connectivity index (χ3v) is 4.07. The third-order valence-electron chi connectivity index (χ3n) is 4.07. The summed E-state index contributed by atoms with van der Waals surface area (Å²) >= 11 is 0. The van der Waals surface area contributed by atoms with Crippen molar-refractivity contribution in [1.29, 1.82) is 0 Å². The van der Waals surface area contributed by atoms with Crippen LogP contribution in [0.3, 0.4) is 0 Å². The van der Waals surface area contributed by atoms with Gasteiger partial charge in [0.1, 0.15) is 5.52 Å². The molecule has 0 aliphatic carbocycles. The molecule has 1 atom stereocenters. The lowest BCUT2D eigenvalue weighted by Gasteiger charge is -2.31. The highest BCUT2D eigenvalue weighted by Crippen LogP contribution is 2.21. The van der Waals surface area contributed by atoms with E-state index in [-0.39, 0.29) is 5.56 Å². The minimum atomic E-state index is -0.817. The Morgan fingerprint density at radius 2 is 2.32 bits per heavy atom. The van der Waals surface area contributed by atoms with Gasteiger partial charge < -0.3 is 10.0 Å². The van der Waals surface area contributed by atoms with Gasteiger partial charge in [-0.3, -0.25) is 14.2 Å². The molecule has 7 nitrogen and oxygen atoms in total. The van der Waals surface area contributed by atoms with E-state index in [9.17, 15) is 14.7 Å². The molecule has 0 bridgehead atoms. The molecule has 0 saturated carbocycles. The topological polar surface area (TPSA) is 88.3 Å². The van der Waals surface area contributed by atoms with E-state index >= 15 is 0 Å². The number of rotatable bonds is 3. The molecule has 0 aromatic carbocycles. The number of fused-ring (bicyclic) bond motifs is 1. The molecular weight excluding hydrogens is 284 g/mol. The Hall–Kier alpha value is -2.44. The van der Waals surface area contributed by atoms with Crippen LogP contribution in [0.15, 0.2) is 23.1 Å². The number of carboxylic acids is 1. The van der Waals surface area contributed by atoms with Crippen LogP contribution < -0.4 is 10.5 Å². The Kier molecular flexibility index (Phi) is 3.79. The molecule has 7 heteroatoms. The molecule has 1 N–H and O–H groups in total. The van der Waals surface area contributed by atoms with Gasteiger partial charge in [0.05, 0.1) is 5.92 Å². The predicted octanol–water partition coefficient (Wildman–Crippen LogP) is 1.11. The van der Waals surface area contributed by atoms with Crippen LogP contribution in [-0.2, 0) is 11.3 Å². The number of hydrogen-bond donors (Lipinski definition) is 1. The Bertz CT molecular complexity index is 771. The van der Waals surface area contributed by atoms with Gasteiger partial charge in [0.15, 0.2) is 11.5 Å². The predicted molar refractivity (Wildman–Crippen MR) is 82.0 cm³/mol. The largest absolute Gasteiger partial charge is 0.481 e. The number of carboxylic acid groups (broad SMARTS) is 1. The standard InChI is InChI=1S/C15H18N4O3/c1-2-19-12-11(6-3-7-16-12)17-13(14(19)20)18-8-4-5-10(9-18)15(21)22/h3,6-7,10H,2,4-5,8-9H2,1H3,(H,21,22)/t10-/m1/s1. The summed E-state index contributed by atoms with van der Waals surface area (Å²) in [6.45, 7) is 3.36. The average Bonchev–Trinajstić information content (AvgIpc) is 2.54. The van der Waals surface area contributed by atoms with Crippen molar-refractivity contribution in [3.05, 3.63) is 28.7 Å². The first-order chi connectivity index (χ1) is 10.6. The van der Waals surface area contributed by atoms with Gasteiger partial charge in [0, 0.05) is 25.8 Å². The maximum Gasteiger partial charge on any atom is 0.308 e. The minimum Gasteiger partial charge on any atom is -0.481 e. The molecule has 0 unspecified atom stereocenters. The van der Waals surface area contributed by atoms with Crippen LogP contribution in [0.5, 0.6) is 0 Å². The number of aromatic nitrogens is 3. The highest BCUT2D eigenvalue weighted by Gasteiger charge is 2.28. The summed E-state index contributed by atoms with van der Waals surface area (Å²) in [6.07, 6.45) is 3.02. The van der Waals surface area contributed by atoms with Crippen molar-refractivity contribution >= 4 is 23.0 Å². The maximum absolute atomic E-state index is 12.7. The quantitative estimate of drug-likeness (QED) is 0.914. The fourth-order valence-electron chi connectivity index (χ4n) is 2.93. The van der Waals surface area contributed by atoms with Crippen LogP contribution in [0, 0.1) is 5.92 Å². The summed E-state index contributed by atoms with van der Waals surface area (Å²) in [6, 6.07) is 3.59. The zero-order valence-corrected chi connectivity index (χ0v) is 12.4. The summed E-state index contributed by atoms with van der Waals surface area (Å²) in [4.78, 5) is 34.3. The molecule has 1 fully saturated rings. The SMILES string of the molecule is CCn1c(=O)c(N2CCC[C@@H](C(=O)O)C2)nc2cccnc21. The first-order valence-corrected chi connectivity index (χ1v) is 7.45. The number of piperidine rings is 1. The zero-order chi connectivity index (χ0) is 15.7. The fourth-order valence-corrected chi connectivity index (χ4v) is 2.93. The van der Waals surface area contributed by atoms with Crippen molar-refractivity contribution in [3.8, 4) is 0 Å². The first-order valence-electron chi connectivity index (χ1n) is 7.45. The molecule has 2 aromatic rings. The number of pyridine rings is 1. The van der Waals surface area contributed by atoms with Crippen LogP contribution >= 0.6 is 0 Å². The van der Waals surface area contributed by atoms with Crippen LogP contribution in [0.2, 0.25) is 0 Å². The van der Waals surface area contributed by atoms with Gasteiger partial charge >= 0.3 is 5.97 Å². The van der Waals surface area contributed by atoms with Gasteiger partial charge in [-0.1, -0.05) is 0 Å². The van der Waals surface area contributed by atoms with E-state index in [2.05, 4.69) is 9.97 Å². The lowest BCUT2D eigenvalue weighted by molar-refractivity contribution is -0.141. The molecule has 3 heterocycles. The fraction of sp³-hybridized carbons (Fsp3) is 0.467. The smallest absolute Gasteiger partial charge is 0.308 e. The molecule has 0 radical (unpaired) electrons. The van der Waals surface area contributed by atoms with Gasteiger partial charge in [-0.15, -0.1) is 0 Å². The minimum absolute atomic E-state index is 0.209. The molecule has 2 aromatic heterocycles. The number of hydrogen-bond acceptors (Lipinski definition) is 5. The summed E-state index contributed by atoms with van der Waals surface area (Å²) < 4.78 is 1.59. The number of anilines is 1. The average molecular weight is 302 g/mol. The molecule has 0 spiro atoms. The van der Waals surface area contributed by atoms with Gasteiger partial charge in [-0.25, -0.2) is 9.97 Å². The van der Waals surface area contributed by atoms with Crippen LogP contribution in [0.4, 0.5) is 5.82 Å². The number of carbonyl (C=O) groups is 1. The van der Waals surface area contributed by atoms with Crippen LogP contribution in [0.1, 0.15) is 19.8 Å². The van der Waals surface area contributed by atoms with E-state index < -0.39 is 11.9 Å². The second-order valence-corrected chi connectivity index (χ2v) is 5.45. The summed E-state index contributed by atoms with van der Waals surface area (Å²) in [5.74, 6) is -0.939. The Labute approximate surface area is 127 Å². The molecule has 22 heavy (non-hydrogen) atoms. The second kappa shape index (κ2) is 5.75. The van der Waals surface area contributed by atoms with E-state index in [1.807, 2.05) is 13.0 Å². The molecule has 1 saturated heterocycles. The maximum atomic E-state index is 12.7. The summed E-state index contributed by atoms with van der Waals surface area (Å²) in [5.41, 5.74) is 1.00. The van der Waals surface area contributed by atoms with Crippen molar-refractivity contribution in [3.63, 3.8) is 0 Å². The van der Waals surface area contributed by atoms with Gasteiger partial charge in [-0.05, 0) is 31.9 Å². The normalized spacial score (nSPS) is 18.6. The highest BCUT2D eigenvalue weighted by atomic mass is 16.4. The van der Waals surface area contributed by atoms with Gasteiger partial charge in [0.25, 0.3) is 5.56 Å². The van der Waals surface area contributed by atoms with E-state index in [1.165, 1.54) is 0 Å². The highest BCUT2D eigenvalue weighted by molar-refractivity contribution is 5.73. The zero-order valence-electron chi connectivity index (χ0n) is 12.4. The van der Waals surface area contributed by atoms with E-state index in [0.29, 0.717) is 43.0 Å². The van der Waals surface area contributed by atoms with Gasteiger partial charge in [-0.2, -0.15) is 0 Å². The Balaban J connectivity index is 2.09. The Morgan fingerprint density at radius 3 is 3.05 bits per heavy atom. The van der Waals surface area contributed by atoms with Crippen LogP contribution in [0.25, 0.3) is 11.2 Å². The molecule has 3 rings (SSSR count). The summed E-state index contributed by atoms with van der Waals surface area (Å²) in [7, 11) is 0. The summed E-state index contributed by atoms with van der Waals surface area (Å²) in [5, 5.41) is 9.20. The monoisotopic (exact) mass is 302 g/mol. The van der Waals surface area contributed by atoms with Crippen molar-refractivity contribution in [2.45, 2.75) is 26.3 Å². The Morgan fingerprint density at radius 1 is 1.50 bits per heavy atom. The molecule has 0 amide bonds. The van der Waals surface area contributed by atoms with Crippen molar-refractivity contribution in [1.82, 2.24) is 14.5 Å². The molecule has 1 aliphatic heterocycles. The lowest BCUT2D eigenvalue weighted by atomic mass is 9.98. The third kappa shape index (κ3) is 2.43. The number of aryl methyl sites for hydroxylation is 1.